The number of halogens is 1. The Morgan fingerprint density at radius 2 is 2.19 bits per heavy atom. The van der Waals surface area contributed by atoms with E-state index in [0.29, 0.717) is 0 Å². The first kappa shape index (κ1) is 16.3. The van der Waals surface area contributed by atoms with Crippen molar-refractivity contribution >= 4 is 27.3 Å². The Labute approximate surface area is 130 Å². The zero-order valence-electron chi connectivity index (χ0n) is 12.1. The lowest BCUT2D eigenvalue weighted by Gasteiger charge is -2.24. The van der Waals surface area contributed by atoms with Gasteiger partial charge in [-0.25, -0.2) is 8.42 Å². The van der Waals surface area contributed by atoms with E-state index in [9.17, 15) is 13.2 Å². The van der Waals surface area contributed by atoms with Crippen molar-refractivity contribution in [3.05, 3.63) is 28.8 Å². The molecule has 1 unspecified atom stereocenters. The summed E-state index contributed by atoms with van der Waals surface area (Å²) in [5.74, 6) is -0.258. The molecule has 1 N–H and O–H groups in total. The smallest absolute Gasteiger partial charge is 0.255 e. The molecule has 2 rings (SSSR count). The lowest BCUT2D eigenvalue weighted by molar-refractivity contribution is 0.0743. The van der Waals surface area contributed by atoms with Crippen molar-refractivity contribution in [1.82, 2.24) is 10.2 Å². The normalized spacial score (nSPS) is 18.7. The molecule has 21 heavy (non-hydrogen) atoms. The highest BCUT2D eigenvalue weighted by molar-refractivity contribution is 7.91. The number of sulfone groups is 1. The minimum atomic E-state index is -3.36. The molecule has 0 aliphatic carbocycles. The molecule has 1 aliphatic heterocycles. The first-order valence-electron chi connectivity index (χ1n) is 6.87. The molecular weight excluding hydrogens is 312 g/mol. The maximum Gasteiger partial charge on any atom is 0.255 e. The van der Waals surface area contributed by atoms with Gasteiger partial charge in [0.15, 0.2) is 9.84 Å². The largest absolute Gasteiger partial charge is 0.337 e. The van der Waals surface area contributed by atoms with Crippen molar-refractivity contribution in [1.29, 1.82) is 0 Å². The van der Waals surface area contributed by atoms with Crippen LogP contribution in [0.15, 0.2) is 23.1 Å². The molecule has 0 radical (unpaired) electrons. The molecule has 1 aromatic rings. The summed E-state index contributed by atoms with van der Waals surface area (Å²) in [5, 5.41) is 3.47. The molecule has 0 spiro atoms. The van der Waals surface area contributed by atoms with E-state index in [1.807, 2.05) is 0 Å². The van der Waals surface area contributed by atoms with Crippen molar-refractivity contribution < 1.29 is 13.2 Å². The lowest BCUT2D eigenvalue weighted by atomic mass is 10.1. The highest BCUT2D eigenvalue weighted by Gasteiger charge is 2.26. The van der Waals surface area contributed by atoms with Gasteiger partial charge in [-0.15, -0.1) is 0 Å². The van der Waals surface area contributed by atoms with Gasteiger partial charge >= 0.3 is 0 Å². The van der Waals surface area contributed by atoms with Crippen molar-refractivity contribution in [3.63, 3.8) is 0 Å². The number of nitrogens with one attached hydrogen (secondary N) is 1. The van der Waals surface area contributed by atoms with Crippen molar-refractivity contribution in [3.8, 4) is 0 Å². The van der Waals surface area contributed by atoms with Crippen LogP contribution in [-0.2, 0) is 9.84 Å². The Hall–Kier alpha value is -1.11. The van der Waals surface area contributed by atoms with Gasteiger partial charge in [0.05, 0.1) is 21.2 Å². The number of amides is 1. The number of likely N-dealkylation sites (N-methyl/N-ethyl adjacent to an activating group) is 1. The molecule has 1 fully saturated rings. The first-order valence-corrected chi connectivity index (χ1v) is 8.90. The quantitative estimate of drug-likeness (QED) is 0.910. The second kappa shape index (κ2) is 6.34. The summed E-state index contributed by atoms with van der Waals surface area (Å²) in [7, 11) is -1.64. The van der Waals surface area contributed by atoms with E-state index in [1.54, 1.807) is 18.9 Å². The fraction of sp³-hybridized carbons (Fsp3) is 0.500. The molecular formula is C14H19ClN2O3S. The van der Waals surface area contributed by atoms with Crippen LogP contribution in [0.5, 0.6) is 0 Å². The number of nitrogens with zero attached hydrogens (tertiary/aromatic N) is 1. The zero-order chi connectivity index (χ0) is 15.6. The summed E-state index contributed by atoms with van der Waals surface area (Å²) in [6, 6.07) is 4.40. The van der Waals surface area contributed by atoms with Crippen LogP contribution in [0.3, 0.4) is 0 Å². The van der Waals surface area contributed by atoms with Crippen molar-refractivity contribution in [2.24, 2.45) is 0 Å². The van der Waals surface area contributed by atoms with Crippen LogP contribution in [0.2, 0.25) is 5.02 Å². The third kappa shape index (κ3) is 3.39. The van der Waals surface area contributed by atoms with Crippen molar-refractivity contribution in [2.75, 3.05) is 25.9 Å². The maximum atomic E-state index is 12.5. The van der Waals surface area contributed by atoms with Gasteiger partial charge in [0.25, 0.3) is 5.91 Å². The Morgan fingerprint density at radius 1 is 1.48 bits per heavy atom. The van der Waals surface area contributed by atoms with Gasteiger partial charge in [0.1, 0.15) is 0 Å². The van der Waals surface area contributed by atoms with Gasteiger partial charge in [-0.05, 0) is 31.2 Å². The van der Waals surface area contributed by atoms with E-state index in [0.717, 1.165) is 19.5 Å². The van der Waals surface area contributed by atoms with Crippen LogP contribution in [0.25, 0.3) is 0 Å². The predicted octanol–water partition coefficient (Wildman–Crippen LogP) is 1.57. The number of rotatable bonds is 4. The van der Waals surface area contributed by atoms with Gasteiger partial charge in [-0.1, -0.05) is 18.5 Å². The molecule has 116 valence electrons. The molecule has 7 heteroatoms. The van der Waals surface area contributed by atoms with Gasteiger partial charge in [-0.2, -0.15) is 0 Å². The second-order valence-corrected chi connectivity index (χ2v) is 7.79. The molecule has 1 amide bonds. The zero-order valence-corrected chi connectivity index (χ0v) is 13.7. The fourth-order valence-corrected chi connectivity index (χ4v) is 3.46. The predicted molar refractivity (Wildman–Crippen MR) is 82.5 cm³/mol. The summed E-state index contributed by atoms with van der Waals surface area (Å²) in [6.45, 7) is 3.19. The van der Waals surface area contributed by atoms with Crippen LogP contribution >= 0.6 is 11.6 Å². The Balaban J connectivity index is 2.34. The number of carbonyl (C=O) groups is 1. The average Bonchev–Trinajstić information content (AvgIpc) is 3.00. The van der Waals surface area contributed by atoms with E-state index >= 15 is 0 Å². The molecule has 1 saturated heterocycles. The molecule has 1 heterocycles. The third-order valence-electron chi connectivity index (χ3n) is 3.81. The van der Waals surface area contributed by atoms with E-state index in [4.69, 9.17) is 11.6 Å². The molecule has 0 saturated carbocycles. The van der Waals surface area contributed by atoms with E-state index in [2.05, 4.69) is 5.32 Å². The molecule has 5 nitrogen and oxygen atoms in total. The van der Waals surface area contributed by atoms with Gasteiger partial charge in [0, 0.05) is 19.6 Å². The van der Waals surface area contributed by atoms with Crippen LogP contribution in [0, 0.1) is 0 Å². The lowest BCUT2D eigenvalue weighted by Crippen LogP contribution is -2.38. The van der Waals surface area contributed by atoms with E-state index < -0.39 is 9.84 Å². The SMILES string of the molecule is CCS(=O)(=O)c1ccc(Cl)c(C(=O)N(C)C2CCNC2)c1. The van der Waals surface area contributed by atoms with Crippen LogP contribution < -0.4 is 5.32 Å². The number of benzene rings is 1. The fourth-order valence-electron chi connectivity index (χ4n) is 2.35. The van der Waals surface area contributed by atoms with Crippen LogP contribution in [-0.4, -0.2) is 51.2 Å². The van der Waals surface area contributed by atoms with Crippen molar-refractivity contribution in [2.45, 2.75) is 24.3 Å². The van der Waals surface area contributed by atoms with Gasteiger partial charge in [-0.3, -0.25) is 4.79 Å². The molecule has 0 aromatic heterocycles. The minimum Gasteiger partial charge on any atom is -0.337 e. The van der Waals surface area contributed by atoms with Crippen LogP contribution in [0.4, 0.5) is 0 Å². The number of hydrogen-bond acceptors (Lipinski definition) is 4. The summed E-state index contributed by atoms with van der Waals surface area (Å²) >= 11 is 6.08. The Morgan fingerprint density at radius 3 is 2.76 bits per heavy atom. The summed E-state index contributed by atoms with van der Waals surface area (Å²) in [4.78, 5) is 14.3. The molecule has 1 aliphatic rings. The average molecular weight is 331 g/mol. The van der Waals surface area contributed by atoms with Crippen LogP contribution in [0.1, 0.15) is 23.7 Å². The second-order valence-electron chi connectivity index (χ2n) is 5.11. The highest BCUT2D eigenvalue weighted by Crippen LogP contribution is 2.23. The molecule has 1 atom stereocenters. The van der Waals surface area contributed by atoms with E-state index in [-0.39, 0.29) is 33.2 Å². The van der Waals surface area contributed by atoms with E-state index in [1.165, 1.54) is 18.2 Å². The summed E-state index contributed by atoms with van der Waals surface area (Å²) in [6.07, 6.45) is 0.882. The Bertz CT molecular complexity index is 640. The maximum absolute atomic E-state index is 12.5. The Kier molecular flexibility index (Phi) is 4.91. The van der Waals surface area contributed by atoms with Gasteiger partial charge < -0.3 is 10.2 Å². The molecule has 1 aromatic carbocycles. The summed E-state index contributed by atoms with van der Waals surface area (Å²) < 4.78 is 23.9. The first-order chi connectivity index (χ1) is 9.86. The molecule has 0 bridgehead atoms. The highest BCUT2D eigenvalue weighted by atomic mass is 35.5. The third-order valence-corrected chi connectivity index (χ3v) is 5.87. The summed E-state index contributed by atoms with van der Waals surface area (Å²) in [5.41, 5.74) is 0.237. The minimum absolute atomic E-state index is 0.00928. The standard InChI is InChI=1S/C14H19ClN2O3S/c1-3-21(19,20)11-4-5-13(15)12(8-11)14(18)17(2)10-6-7-16-9-10/h4-5,8,10,16H,3,6-7,9H2,1-2H3. The topological polar surface area (TPSA) is 66.5 Å². The number of hydrogen-bond donors (Lipinski definition) is 1. The van der Waals surface area contributed by atoms with Gasteiger partial charge in [0.2, 0.25) is 0 Å². The monoisotopic (exact) mass is 330 g/mol. The number of carbonyl (C=O) groups excluding carboxylic acids is 1.